The molecule has 0 aliphatic rings. The van der Waals surface area contributed by atoms with Crippen molar-refractivity contribution >= 4 is 18.0 Å². The Morgan fingerprint density at radius 1 is 1.00 bits per heavy atom. The molecule has 5 atom stereocenters. The number of carboxylic acids is 1. The van der Waals surface area contributed by atoms with Gasteiger partial charge >= 0.3 is 12.1 Å². The van der Waals surface area contributed by atoms with Gasteiger partial charge in [-0.25, -0.2) is 9.59 Å². The predicted molar refractivity (Wildman–Crippen MR) is 89.5 cm³/mol. The fraction of sp³-hybridized carbons (Fsp3) is 0.800. The van der Waals surface area contributed by atoms with Crippen LogP contribution >= 0.6 is 0 Å². The Morgan fingerprint density at radius 3 is 1.96 bits per heavy atom. The second-order valence-electron chi connectivity index (χ2n) is 6.84. The molecule has 0 aliphatic heterocycles. The molecule has 0 saturated heterocycles. The molecule has 27 heavy (non-hydrogen) atoms. The van der Waals surface area contributed by atoms with Gasteiger partial charge in [0, 0.05) is 6.54 Å². The number of carbonyl (C=O) groups excluding carboxylic acids is 2. The summed E-state index contributed by atoms with van der Waals surface area (Å²) in [4.78, 5) is 34.6. The van der Waals surface area contributed by atoms with Crippen molar-refractivity contribution in [3.8, 4) is 0 Å². The van der Waals surface area contributed by atoms with Crippen molar-refractivity contribution in [3.05, 3.63) is 0 Å². The van der Waals surface area contributed by atoms with Crippen LogP contribution in [-0.2, 0) is 14.3 Å². The van der Waals surface area contributed by atoms with E-state index < -0.39 is 73.6 Å². The third kappa shape index (κ3) is 10.1. The van der Waals surface area contributed by atoms with E-state index in [9.17, 15) is 34.8 Å². The average molecular weight is 396 g/mol. The highest BCUT2D eigenvalue weighted by atomic mass is 16.6. The molecule has 0 aromatic rings. The van der Waals surface area contributed by atoms with Crippen LogP contribution in [0.5, 0.6) is 0 Å². The zero-order valence-corrected chi connectivity index (χ0v) is 15.3. The van der Waals surface area contributed by atoms with E-state index in [4.69, 9.17) is 14.9 Å². The maximum atomic E-state index is 11.8. The molecule has 0 aromatic heterocycles. The zero-order chi connectivity index (χ0) is 21.4. The number of nitrogens with one attached hydrogen (secondary N) is 2. The van der Waals surface area contributed by atoms with Gasteiger partial charge in [0.05, 0.1) is 19.1 Å². The van der Waals surface area contributed by atoms with E-state index in [0.29, 0.717) is 0 Å². The molecule has 2 amide bonds. The Labute approximate surface area is 155 Å². The molecule has 0 bridgehead atoms. The number of aliphatic carboxylic acids is 1. The predicted octanol–water partition coefficient (Wildman–Crippen LogP) is -3.09. The molecular formula is C15H28N2O10. The van der Waals surface area contributed by atoms with E-state index in [1.807, 2.05) is 5.32 Å². The first-order valence-electron chi connectivity index (χ1n) is 8.10. The Bertz CT molecular complexity index is 507. The lowest BCUT2D eigenvalue weighted by Crippen LogP contribution is -2.50. The van der Waals surface area contributed by atoms with Crippen molar-refractivity contribution < 1.29 is 49.8 Å². The molecule has 12 nitrogen and oxygen atoms in total. The largest absolute Gasteiger partial charge is 0.480 e. The molecule has 0 radical (unpaired) electrons. The highest BCUT2D eigenvalue weighted by molar-refractivity contribution is 5.87. The van der Waals surface area contributed by atoms with Crippen LogP contribution in [0, 0.1) is 0 Å². The minimum atomic E-state index is -1.87. The van der Waals surface area contributed by atoms with Crippen LogP contribution in [0.4, 0.5) is 4.79 Å². The van der Waals surface area contributed by atoms with Gasteiger partial charge in [-0.3, -0.25) is 4.79 Å². The van der Waals surface area contributed by atoms with Gasteiger partial charge in [-0.15, -0.1) is 0 Å². The van der Waals surface area contributed by atoms with Gasteiger partial charge in [-0.1, -0.05) is 0 Å². The smallest absolute Gasteiger partial charge is 0.408 e. The van der Waals surface area contributed by atoms with Crippen LogP contribution in [0.2, 0.25) is 0 Å². The topological polar surface area (TPSA) is 206 Å². The molecule has 0 fully saturated rings. The van der Waals surface area contributed by atoms with Crippen LogP contribution in [0.15, 0.2) is 0 Å². The van der Waals surface area contributed by atoms with Gasteiger partial charge in [0.2, 0.25) is 5.91 Å². The molecule has 0 spiro atoms. The molecular weight excluding hydrogens is 368 g/mol. The molecule has 0 aromatic carbocycles. The van der Waals surface area contributed by atoms with Gasteiger partial charge < -0.3 is 46.0 Å². The number of aliphatic hydroxyl groups is 5. The third-order valence-electron chi connectivity index (χ3n) is 3.21. The summed E-state index contributed by atoms with van der Waals surface area (Å²) < 4.78 is 4.90. The Morgan fingerprint density at radius 2 is 1.52 bits per heavy atom. The van der Waals surface area contributed by atoms with E-state index >= 15 is 0 Å². The SMILES string of the molecule is CC(C)(C)OC(=O)NC(CC(=O)NCC(O)C(O)C(O)C(O)CO)C(=O)O. The highest BCUT2D eigenvalue weighted by Gasteiger charge is 2.31. The van der Waals surface area contributed by atoms with Gasteiger partial charge in [0.15, 0.2) is 0 Å². The fourth-order valence-corrected chi connectivity index (χ4v) is 1.81. The summed E-state index contributed by atoms with van der Waals surface area (Å²) in [5, 5.41) is 59.8. The quantitative estimate of drug-likeness (QED) is 0.187. The molecule has 12 heteroatoms. The number of carbonyl (C=O) groups is 3. The number of amides is 2. The van der Waals surface area contributed by atoms with E-state index in [2.05, 4.69) is 5.32 Å². The minimum absolute atomic E-state index is 0.575. The molecule has 0 rings (SSSR count). The lowest BCUT2D eigenvalue weighted by atomic mass is 10.0. The van der Waals surface area contributed by atoms with Crippen molar-refractivity contribution in [2.75, 3.05) is 13.2 Å². The summed E-state index contributed by atoms with van der Waals surface area (Å²) in [6.45, 7) is 3.29. The number of alkyl carbamates (subject to hydrolysis) is 1. The average Bonchev–Trinajstić information content (AvgIpc) is 2.55. The second kappa shape index (κ2) is 11.0. The summed E-state index contributed by atoms with van der Waals surface area (Å²) in [6.07, 6.45) is -8.84. The summed E-state index contributed by atoms with van der Waals surface area (Å²) in [6, 6.07) is -1.59. The minimum Gasteiger partial charge on any atom is -0.480 e. The monoisotopic (exact) mass is 396 g/mol. The number of aliphatic hydroxyl groups excluding tert-OH is 5. The lowest BCUT2D eigenvalue weighted by Gasteiger charge is -2.26. The summed E-state index contributed by atoms with van der Waals surface area (Å²) in [7, 11) is 0. The molecule has 0 aliphatic carbocycles. The van der Waals surface area contributed by atoms with Crippen LogP contribution in [-0.4, -0.2) is 97.8 Å². The van der Waals surface area contributed by atoms with Crippen molar-refractivity contribution in [1.82, 2.24) is 10.6 Å². The highest BCUT2D eigenvalue weighted by Crippen LogP contribution is 2.08. The van der Waals surface area contributed by atoms with Gasteiger partial charge in [-0.05, 0) is 20.8 Å². The number of hydrogen-bond acceptors (Lipinski definition) is 9. The van der Waals surface area contributed by atoms with Crippen LogP contribution in [0.25, 0.3) is 0 Å². The molecule has 5 unspecified atom stereocenters. The van der Waals surface area contributed by atoms with Gasteiger partial charge in [0.25, 0.3) is 0 Å². The van der Waals surface area contributed by atoms with Crippen LogP contribution in [0.1, 0.15) is 27.2 Å². The molecule has 158 valence electrons. The molecule has 0 saturated carbocycles. The number of hydrogen-bond donors (Lipinski definition) is 8. The van der Waals surface area contributed by atoms with Gasteiger partial charge in [0.1, 0.15) is 30.0 Å². The number of carboxylic acid groups (broad SMARTS) is 1. The van der Waals surface area contributed by atoms with Crippen molar-refractivity contribution in [3.63, 3.8) is 0 Å². The Balaban J connectivity index is 4.58. The van der Waals surface area contributed by atoms with Gasteiger partial charge in [-0.2, -0.15) is 0 Å². The first-order valence-corrected chi connectivity index (χ1v) is 8.10. The molecule has 0 heterocycles. The Hall–Kier alpha value is -1.99. The Kier molecular flexibility index (Phi) is 10.2. The van der Waals surface area contributed by atoms with Crippen LogP contribution < -0.4 is 10.6 Å². The van der Waals surface area contributed by atoms with Crippen molar-refractivity contribution in [2.45, 2.75) is 63.3 Å². The first kappa shape index (κ1) is 25.0. The van der Waals surface area contributed by atoms with Crippen LogP contribution in [0.3, 0.4) is 0 Å². The van der Waals surface area contributed by atoms with E-state index in [0.717, 1.165) is 0 Å². The lowest BCUT2D eigenvalue weighted by molar-refractivity contribution is -0.141. The first-order chi connectivity index (χ1) is 12.3. The normalized spacial score (nSPS) is 17.2. The summed E-state index contributed by atoms with van der Waals surface area (Å²) in [5.74, 6) is -2.36. The van der Waals surface area contributed by atoms with E-state index in [1.54, 1.807) is 20.8 Å². The second-order valence-corrected chi connectivity index (χ2v) is 6.84. The van der Waals surface area contributed by atoms with Crippen molar-refractivity contribution in [2.24, 2.45) is 0 Å². The van der Waals surface area contributed by atoms with E-state index in [-0.39, 0.29) is 0 Å². The maximum absolute atomic E-state index is 11.8. The number of rotatable bonds is 10. The summed E-state index contributed by atoms with van der Waals surface area (Å²) in [5.41, 5.74) is -0.865. The van der Waals surface area contributed by atoms with Crippen molar-refractivity contribution in [1.29, 1.82) is 0 Å². The van der Waals surface area contributed by atoms with E-state index in [1.165, 1.54) is 0 Å². The number of ether oxygens (including phenoxy) is 1. The fourth-order valence-electron chi connectivity index (χ4n) is 1.81. The standard InChI is InChI=1S/C15H28N2O10/c1-15(2,3)27-14(26)17-7(13(24)25)4-10(21)16-5-8(19)11(22)12(23)9(20)6-18/h7-9,11-12,18-20,22-23H,4-6H2,1-3H3,(H,16,21)(H,17,26)(H,24,25). The molecule has 8 N–H and O–H groups in total. The zero-order valence-electron chi connectivity index (χ0n) is 15.3. The maximum Gasteiger partial charge on any atom is 0.408 e. The summed E-state index contributed by atoms with van der Waals surface area (Å²) >= 11 is 0. The third-order valence-corrected chi connectivity index (χ3v) is 3.21.